The zero-order valence-electron chi connectivity index (χ0n) is 16.8. The van der Waals surface area contributed by atoms with E-state index in [1.54, 1.807) is 33.8 Å². The molecule has 7 nitrogen and oxygen atoms in total. The lowest BCUT2D eigenvalue weighted by atomic mass is 9.94. The number of likely N-dealkylation sites (tertiary alicyclic amines) is 1. The van der Waals surface area contributed by atoms with Crippen molar-refractivity contribution in [3.63, 3.8) is 0 Å². The molecule has 0 spiro atoms. The van der Waals surface area contributed by atoms with Gasteiger partial charge < -0.3 is 14.2 Å². The molecular weight excluding hydrogens is 374 g/mol. The van der Waals surface area contributed by atoms with E-state index in [1.165, 1.54) is 11.2 Å². The van der Waals surface area contributed by atoms with Gasteiger partial charge in [-0.3, -0.25) is 4.79 Å². The molecule has 0 aromatic heterocycles. The van der Waals surface area contributed by atoms with Crippen LogP contribution in [-0.2, 0) is 30.2 Å². The highest BCUT2D eigenvalue weighted by molar-refractivity contribution is 6.07. The Morgan fingerprint density at radius 1 is 1.24 bits per heavy atom. The Hall–Kier alpha value is -3.09. The number of imide groups is 1. The second-order valence-corrected chi connectivity index (χ2v) is 8.44. The van der Waals surface area contributed by atoms with Gasteiger partial charge >= 0.3 is 12.1 Å². The van der Waals surface area contributed by atoms with Crippen molar-refractivity contribution in [2.75, 3.05) is 0 Å². The lowest BCUT2D eigenvalue weighted by molar-refractivity contribution is -0.152. The normalized spacial score (nSPS) is 26.9. The standard InChI is InChI=1S/C22H23NO6/c1-12-9-17(28-20(12)25)27-11-15-18-14-8-6-5-7-13(14)10-16(18)23(19(15)24)21(26)29-22(2,3)4/h5-9,11,16-18H,10H2,1-4H3/b15-11+. The fourth-order valence-corrected chi connectivity index (χ4v) is 3.98. The number of carbonyl (C=O) groups is 3. The molecule has 1 aromatic rings. The van der Waals surface area contributed by atoms with Crippen LogP contribution in [0, 0.1) is 0 Å². The van der Waals surface area contributed by atoms with Gasteiger partial charge in [0.05, 0.1) is 17.9 Å². The van der Waals surface area contributed by atoms with Crippen LogP contribution in [0.4, 0.5) is 4.79 Å². The average Bonchev–Trinajstić information content (AvgIpc) is 3.22. The van der Waals surface area contributed by atoms with Crippen LogP contribution in [0.2, 0.25) is 0 Å². The van der Waals surface area contributed by atoms with Crippen molar-refractivity contribution in [2.24, 2.45) is 0 Å². The van der Waals surface area contributed by atoms with E-state index in [-0.39, 0.29) is 12.0 Å². The van der Waals surface area contributed by atoms with E-state index >= 15 is 0 Å². The van der Waals surface area contributed by atoms with Crippen LogP contribution >= 0.6 is 0 Å². The maximum atomic E-state index is 13.1. The second kappa shape index (κ2) is 6.76. The van der Waals surface area contributed by atoms with E-state index in [9.17, 15) is 14.4 Å². The van der Waals surface area contributed by atoms with Crippen molar-refractivity contribution in [1.29, 1.82) is 0 Å². The quantitative estimate of drug-likeness (QED) is 0.433. The van der Waals surface area contributed by atoms with Crippen molar-refractivity contribution >= 4 is 18.0 Å². The number of hydrogen-bond acceptors (Lipinski definition) is 6. The van der Waals surface area contributed by atoms with Crippen LogP contribution in [0.5, 0.6) is 0 Å². The van der Waals surface area contributed by atoms with Gasteiger partial charge in [0.25, 0.3) is 12.2 Å². The summed E-state index contributed by atoms with van der Waals surface area (Å²) in [5.41, 5.74) is 2.14. The monoisotopic (exact) mass is 397 g/mol. The summed E-state index contributed by atoms with van der Waals surface area (Å²) in [6.45, 7) is 6.91. The summed E-state index contributed by atoms with van der Waals surface area (Å²) in [4.78, 5) is 38.7. The van der Waals surface area contributed by atoms with E-state index in [0.29, 0.717) is 17.6 Å². The minimum absolute atomic E-state index is 0.312. The summed E-state index contributed by atoms with van der Waals surface area (Å²) in [7, 11) is 0. The van der Waals surface area contributed by atoms with Crippen molar-refractivity contribution in [3.05, 3.63) is 58.9 Å². The fraction of sp³-hybridized carbons (Fsp3) is 0.409. The number of cyclic esters (lactones) is 1. The Bertz CT molecular complexity index is 954. The maximum Gasteiger partial charge on any atom is 0.417 e. The van der Waals surface area contributed by atoms with E-state index in [4.69, 9.17) is 14.2 Å². The van der Waals surface area contributed by atoms with Crippen molar-refractivity contribution in [2.45, 2.75) is 58.0 Å². The topological polar surface area (TPSA) is 82.1 Å². The highest BCUT2D eigenvalue weighted by atomic mass is 16.7. The lowest BCUT2D eigenvalue weighted by Crippen LogP contribution is -2.43. The van der Waals surface area contributed by atoms with Crippen molar-refractivity contribution < 1.29 is 28.6 Å². The minimum atomic E-state index is -0.881. The summed E-state index contributed by atoms with van der Waals surface area (Å²) in [5, 5.41) is 0. The number of carbonyl (C=O) groups excluding carboxylic acids is 3. The lowest BCUT2D eigenvalue weighted by Gasteiger charge is -2.26. The van der Waals surface area contributed by atoms with Gasteiger partial charge in [0, 0.05) is 17.6 Å². The summed E-state index contributed by atoms with van der Waals surface area (Å²) in [5.74, 6) is -1.22. The highest BCUT2D eigenvalue weighted by Gasteiger charge is 2.53. The fourth-order valence-electron chi connectivity index (χ4n) is 3.98. The number of ether oxygens (including phenoxy) is 3. The van der Waals surface area contributed by atoms with Gasteiger partial charge in [0.2, 0.25) is 0 Å². The summed E-state index contributed by atoms with van der Waals surface area (Å²) in [6, 6.07) is 7.43. The Balaban J connectivity index is 1.67. The van der Waals surface area contributed by atoms with Crippen LogP contribution in [0.15, 0.2) is 47.7 Å². The number of rotatable bonds is 2. The molecule has 1 fully saturated rings. The van der Waals surface area contributed by atoms with Gasteiger partial charge in [-0.05, 0) is 45.2 Å². The SMILES string of the molecule is CC1=CC(O/C=C2/C(=O)N(C(=O)OC(C)(C)C)C3Cc4ccccc4C23)OC1=O. The van der Waals surface area contributed by atoms with Crippen LogP contribution in [0.3, 0.4) is 0 Å². The van der Waals surface area contributed by atoms with Gasteiger partial charge in [0.15, 0.2) is 0 Å². The zero-order chi connectivity index (χ0) is 20.9. The molecule has 1 saturated heterocycles. The minimum Gasteiger partial charge on any atom is -0.458 e. The Labute approximate surface area is 168 Å². The molecule has 3 aliphatic rings. The van der Waals surface area contributed by atoms with Crippen LogP contribution in [0.1, 0.15) is 44.7 Å². The first-order chi connectivity index (χ1) is 13.7. The highest BCUT2D eigenvalue weighted by Crippen LogP contribution is 2.47. The molecule has 1 aromatic carbocycles. The average molecular weight is 397 g/mol. The first-order valence-corrected chi connectivity index (χ1v) is 9.55. The third-order valence-electron chi connectivity index (χ3n) is 5.19. The second-order valence-electron chi connectivity index (χ2n) is 8.44. The largest absolute Gasteiger partial charge is 0.458 e. The molecule has 29 heavy (non-hydrogen) atoms. The number of esters is 1. The molecule has 0 saturated carbocycles. The molecule has 2 amide bonds. The zero-order valence-corrected chi connectivity index (χ0v) is 16.8. The number of amides is 2. The van der Waals surface area contributed by atoms with E-state index in [1.807, 2.05) is 24.3 Å². The van der Waals surface area contributed by atoms with Gasteiger partial charge in [-0.15, -0.1) is 0 Å². The summed E-state index contributed by atoms with van der Waals surface area (Å²) in [6.07, 6.45) is 1.87. The molecule has 7 heteroatoms. The summed E-state index contributed by atoms with van der Waals surface area (Å²) >= 11 is 0. The van der Waals surface area contributed by atoms with E-state index < -0.39 is 29.9 Å². The predicted molar refractivity (Wildman–Crippen MR) is 103 cm³/mol. The van der Waals surface area contributed by atoms with E-state index in [2.05, 4.69) is 0 Å². The molecule has 3 atom stereocenters. The third-order valence-corrected chi connectivity index (χ3v) is 5.19. The van der Waals surface area contributed by atoms with Gasteiger partial charge in [0.1, 0.15) is 5.60 Å². The molecule has 152 valence electrons. The molecule has 0 N–H and O–H groups in total. The van der Waals surface area contributed by atoms with E-state index in [0.717, 1.165) is 11.1 Å². The van der Waals surface area contributed by atoms with Gasteiger partial charge in [-0.2, -0.15) is 0 Å². The number of fused-ring (bicyclic) bond motifs is 3. The van der Waals surface area contributed by atoms with Crippen LogP contribution in [0.25, 0.3) is 0 Å². The molecule has 1 aliphatic carbocycles. The van der Waals surface area contributed by atoms with Gasteiger partial charge in [-0.25, -0.2) is 14.5 Å². The van der Waals surface area contributed by atoms with Crippen LogP contribution < -0.4 is 0 Å². The first-order valence-electron chi connectivity index (χ1n) is 9.55. The van der Waals surface area contributed by atoms with Crippen molar-refractivity contribution in [1.82, 2.24) is 4.90 Å². The number of benzene rings is 1. The molecule has 0 radical (unpaired) electrons. The van der Waals surface area contributed by atoms with Crippen molar-refractivity contribution in [3.8, 4) is 0 Å². The predicted octanol–water partition coefficient (Wildman–Crippen LogP) is 3.20. The smallest absolute Gasteiger partial charge is 0.417 e. The maximum absolute atomic E-state index is 13.1. The molecule has 2 aliphatic heterocycles. The molecule has 4 rings (SSSR count). The molecule has 0 bridgehead atoms. The number of hydrogen-bond donors (Lipinski definition) is 0. The Kier molecular flexibility index (Phi) is 4.48. The van der Waals surface area contributed by atoms with Crippen LogP contribution in [-0.4, -0.2) is 40.8 Å². The Morgan fingerprint density at radius 3 is 2.62 bits per heavy atom. The molecule has 2 heterocycles. The van der Waals surface area contributed by atoms with Gasteiger partial charge in [-0.1, -0.05) is 24.3 Å². The molecular formula is C22H23NO6. The Morgan fingerprint density at radius 2 is 1.97 bits per heavy atom. The molecule has 3 unspecified atom stereocenters. The number of nitrogens with zero attached hydrogens (tertiary/aromatic N) is 1. The summed E-state index contributed by atoms with van der Waals surface area (Å²) < 4.78 is 16.1. The third kappa shape index (κ3) is 3.41. The first kappa shape index (κ1) is 19.2.